The second-order valence-electron chi connectivity index (χ2n) is 0. The molecule has 0 aliphatic rings. The van der Waals surface area contributed by atoms with Crippen molar-refractivity contribution in [1.82, 2.24) is 0 Å². The van der Waals surface area contributed by atoms with Crippen molar-refractivity contribution < 1.29 is 4.28 Å². The van der Waals surface area contributed by atoms with Crippen molar-refractivity contribution in [3.8, 4) is 0 Å². The van der Waals surface area contributed by atoms with Gasteiger partial charge in [0.25, 0.3) is 0 Å². The fourth-order valence-electron chi connectivity index (χ4n) is 0. The van der Waals surface area contributed by atoms with Gasteiger partial charge in [0.15, 0.2) is 17.4 Å². The molecule has 0 radical (unpaired) electrons. The van der Waals surface area contributed by atoms with E-state index >= 15 is 0 Å². The summed E-state index contributed by atoms with van der Waals surface area (Å²) in [7, 11) is 0. The smallest absolute Gasteiger partial charge is 1.00 e. The summed E-state index contributed by atoms with van der Waals surface area (Å²) in [4.78, 5) is 0. The zero-order valence-corrected chi connectivity index (χ0v) is 4.07. The van der Waals surface area contributed by atoms with Crippen LogP contribution >= 0.6 is 0 Å². The molecule has 0 amide bonds. The Balaban J connectivity index is -0.000000000500. The maximum Gasteiger partial charge on any atom is 2.00 e. The van der Waals surface area contributed by atoms with Crippen molar-refractivity contribution in [3.05, 3.63) is 0 Å². The molecule has 0 aliphatic carbocycles. The van der Waals surface area contributed by atoms with Crippen LogP contribution in [0.5, 0.6) is 0 Å². The van der Waals surface area contributed by atoms with Crippen LogP contribution in [-0.4, -0.2) is 55.1 Å². The summed E-state index contributed by atoms with van der Waals surface area (Å²) in [5.41, 5.74) is 0. The SMILES string of the molecule is NN.[AlH3].[Ca+2].[H-].[H-].[HH]. The van der Waals surface area contributed by atoms with Crippen LogP contribution in [0.15, 0.2) is 0 Å². The van der Waals surface area contributed by atoms with E-state index in [1.807, 2.05) is 0 Å². The summed E-state index contributed by atoms with van der Waals surface area (Å²) < 4.78 is 0. The maximum absolute atomic E-state index is 4.00. The molecule has 0 saturated heterocycles. The molecule has 0 saturated carbocycles. The molecule has 0 bridgehead atoms. The number of hydrazine groups is 1. The van der Waals surface area contributed by atoms with Crippen LogP contribution in [0.4, 0.5) is 0 Å². The van der Waals surface area contributed by atoms with E-state index in [1.165, 1.54) is 0 Å². The van der Waals surface area contributed by atoms with Crippen molar-refractivity contribution in [2.24, 2.45) is 11.7 Å². The van der Waals surface area contributed by atoms with Crippen LogP contribution in [-0.2, 0) is 0 Å². The predicted molar refractivity (Wildman–Crippen MR) is 28.4 cm³/mol. The Morgan fingerprint density at radius 1 is 1.50 bits per heavy atom. The van der Waals surface area contributed by atoms with E-state index in [0.29, 0.717) is 0 Å². The van der Waals surface area contributed by atoms with Crippen LogP contribution < -0.4 is 11.7 Å². The number of hydrogen-bond donors (Lipinski definition) is 2. The Labute approximate surface area is 70.5 Å². The Morgan fingerprint density at radius 2 is 1.50 bits per heavy atom. The normalized spacial score (nSPS) is 1.50. The molecule has 0 rings (SSSR count). The van der Waals surface area contributed by atoms with Crippen molar-refractivity contribution in [3.63, 3.8) is 0 Å². The minimum atomic E-state index is 0. The molecule has 2 nitrogen and oxygen atoms in total. The minimum absolute atomic E-state index is 0. The summed E-state index contributed by atoms with van der Waals surface area (Å²) in [6.07, 6.45) is 0. The zero-order chi connectivity index (χ0) is 2.00. The van der Waals surface area contributed by atoms with Gasteiger partial charge in [-0.1, -0.05) is 0 Å². The Kier molecular flexibility index (Phi) is 95.5. The number of nitrogens with two attached hydrogens (primary N) is 2. The average molecular weight is 106 g/mol. The first-order valence-electron chi connectivity index (χ1n) is 0.333. The third-order valence-corrected chi connectivity index (χ3v) is 0. The standard InChI is InChI=1S/Al.Ca.H4N2.H2.5H/c;;1-2;;;;;;/h;;1-2H2;1H;;;;;/q;+2;;;;;;2*-1. The minimum Gasteiger partial charge on any atom is -1.00 e. The Bertz CT molecular complexity index is 12.9. The van der Waals surface area contributed by atoms with Gasteiger partial charge < -0.3 is 2.85 Å². The summed E-state index contributed by atoms with van der Waals surface area (Å²) in [6.45, 7) is 0. The van der Waals surface area contributed by atoms with Gasteiger partial charge >= 0.3 is 37.7 Å². The van der Waals surface area contributed by atoms with Gasteiger partial charge in [-0.15, -0.1) is 0 Å². The molecular formula is H11AlCaN2. The van der Waals surface area contributed by atoms with Crippen LogP contribution in [0.3, 0.4) is 0 Å². The van der Waals surface area contributed by atoms with E-state index in [9.17, 15) is 0 Å². The monoisotopic (exact) mass is 106 g/mol. The Hall–Kier alpha value is 1.71. The maximum atomic E-state index is 4.00. The van der Waals surface area contributed by atoms with Gasteiger partial charge in [-0.05, 0) is 0 Å². The van der Waals surface area contributed by atoms with Crippen LogP contribution in [0.1, 0.15) is 4.28 Å². The van der Waals surface area contributed by atoms with Gasteiger partial charge in [-0.3, -0.25) is 11.7 Å². The van der Waals surface area contributed by atoms with Crippen molar-refractivity contribution >= 4 is 55.1 Å². The summed E-state index contributed by atoms with van der Waals surface area (Å²) in [6, 6.07) is 0. The average Bonchev–Trinajstić information content (AvgIpc) is 1.00. The molecular weight excluding hydrogens is 95.1 g/mol. The fourth-order valence-corrected chi connectivity index (χ4v) is 0. The van der Waals surface area contributed by atoms with Gasteiger partial charge in [0.1, 0.15) is 0 Å². The largest absolute Gasteiger partial charge is 2.00 e. The van der Waals surface area contributed by atoms with Crippen molar-refractivity contribution in [2.75, 3.05) is 0 Å². The van der Waals surface area contributed by atoms with Crippen molar-refractivity contribution in [1.29, 1.82) is 0 Å². The number of rotatable bonds is 0. The summed E-state index contributed by atoms with van der Waals surface area (Å²) in [5, 5.41) is 0. The van der Waals surface area contributed by atoms with Crippen LogP contribution in [0.2, 0.25) is 0 Å². The third kappa shape index (κ3) is 9.31. The van der Waals surface area contributed by atoms with E-state index in [2.05, 4.69) is 11.7 Å². The first kappa shape index (κ1) is 17.2. The molecule has 0 atom stereocenters. The van der Waals surface area contributed by atoms with E-state index in [4.69, 9.17) is 0 Å². The van der Waals surface area contributed by atoms with Crippen LogP contribution in [0.25, 0.3) is 0 Å². The van der Waals surface area contributed by atoms with Gasteiger partial charge in [-0.2, -0.15) is 0 Å². The molecule has 0 aromatic heterocycles. The molecule has 0 aliphatic heterocycles. The van der Waals surface area contributed by atoms with E-state index in [-0.39, 0.29) is 59.4 Å². The quantitative estimate of drug-likeness (QED) is 0.208. The van der Waals surface area contributed by atoms with E-state index in [1.54, 1.807) is 0 Å². The molecule has 0 unspecified atom stereocenters. The molecule has 0 heterocycles. The first-order valence-corrected chi connectivity index (χ1v) is 0.333. The predicted octanol–water partition coefficient (Wildman–Crippen LogP) is -2.27. The number of hydrogen-bond acceptors (Lipinski definition) is 2. The second kappa shape index (κ2) is 22.2. The summed E-state index contributed by atoms with van der Waals surface area (Å²) in [5.74, 6) is 8.00. The Morgan fingerprint density at radius 3 is 1.50 bits per heavy atom. The van der Waals surface area contributed by atoms with Gasteiger partial charge in [0.05, 0.1) is 0 Å². The first-order chi connectivity index (χ1) is 1.00. The molecule has 4 heteroatoms. The molecule has 4 N–H and O–H groups in total. The zero-order valence-electron chi connectivity index (χ0n) is 3.86. The second-order valence-corrected chi connectivity index (χ2v) is 0. The van der Waals surface area contributed by atoms with Crippen LogP contribution in [0, 0.1) is 0 Å². The molecule has 0 aromatic carbocycles. The topological polar surface area (TPSA) is 52.0 Å². The summed E-state index contributed by atoms with van der Waals surface area (Å²) >= 11 is 0. The van der Waals surface area contributed by atoms with E-state index < -0.39 is 0 Å². The van der Waals surface area contributed by atoms with Gasteiger partial charge in [0.2, 0.25) is 0 Å². The van der Waals surface area contributed by atoms with E-state index in [0.717, 1.165) is 0 Å². The molecule has 26 valence electrons. The fraction of sp³-hybridized carbons (Fsp3) is 0. The van der Waals surface area contributed by atoms with Gasteiger partial charge in [-0.25, -0.2) is 0 Å². The van der Waals surface area contributed by atoms with Crippen molar-refractivity contribution in [2.45, 2.75) is 0 Å². The molecule has 0 aromatic rings. The molecule has 0 fully saturated rings. The molecule has 4 heavy (non-hydrogen) atoms. The molecule has 0 spiro atoms. The van der Waals surface area contributed by atoms with Gasteiger partial charge in [0, 0.05) is 1.43 Å². The third-order valence-electron chi connectivity index (χ3n) is 0.